The van der Waals surface area contributed by atoms with Crippen LogP contribution >= 0.6 is 0 Å². The van der Waals surface area contributed by atoms with Crippen LogP contribution in [0.3, 0.4) is 0 Å². The number of nitrogens with zero attached hydrogens (tertiary/aromatic N) is 3. The molecule has 176 valence electrons. The lowest BCUT2D eigenvalue weighted by Gasteiger charge is -2.32. The highest BCUT2D eigenvalue weighted by molar-refractivity contribution is 5.95. The normalized spacial score (nSPS) is 15.9. The predicted molar refractivity (Wildman–Crippen MR) is 118 cm³/mol. The second-order valence-corrected chi connectivity index (χ2v) is 8.66. The second kappa shape index (κ2) is 8.96. The molecule has 1 aliphatic carbocycles. The molecule has 1 aliphatic heterocycles. The van der Waals surface area contributed by atoms with Gasteiger partial charge in [-0.05, 0) is 56.4 Å². The molecule has 5 rings (SSSR count). The quantitative estimate of drug-likeness (QED) is 0.633. The number of hydrogen-bond acceptors (Lipinski definition) is 3. The Morgan fingerprint density at radius 3 is 2.44 bits per heavy atom. The van der Waals surface area contributed by atoms with Gasteiger partial charge in [-0.3, -0.25) is 9.59 Å². The van der Waals surface area contributed by atoms with Crippen molar-refractivity contribution in [1.29, 1.82) is 0 Å². The number of carbonyl (C=O) groups excluding carboxylic acids is 2. The number of nitrogens with one attached hydrogen (secondary N) is 1. The van der Waals surface area contributed by atoms with E-state index < -0.39 is 17.5 Å². The summed E-state index contributed by atoms with van der Waals surface area (Å²) < 4.78 is 42.6. The average molecular weight is 468 g/mol. The van der Waals surface area contributed by atoms with Crippen LogP contribution in [0.25, 0.3) is 5.69 Å². The van der Waals surface area contributed by atoms with Crippen LogP contribution in [0.1, 0.15) is 51.4 Å². The summed E-state index contributed by atoms with van der Waals surface area (Å²) in [6.07, 6.45) is 3.33. The molecule has 1 fully saturated rings. The van der Waals surface area contributed by atoms with E-state index in [9.17, 15) is 22.8 Å². The molecule has 0 saturated carbocycles. The van der Waals surface area contributed by atoms with Crippen molar-refractivity contribution in [1.82, 2.24) is 20.0 Å². The number of rotatable bonds is 4. The van der Waals surface area contributed by atoms with Crippen LogP contribution in [0, 0.1) is 17.5 Å². The minimum atomic E-state index is -0.970. The van der Waals surface area contributed by atoms with Crippen LogP contribution in [-0.2, 0) is 12.8 Å². The minimum Gasteiger partial charge on any atom is -0.348 e. The van der Waals surface area contributed by atoms with E-state index >= 15 is 0 Å². The summed E-state index contributed by atoms with van der Waals surface area (Å²) in [5, 5.41) is 7.44. The van der Waals surface area contributed by atoms with Gasteiger partial charge in [0.25, 0.3) is 11.8 Å². The molecule has 0 atom stereocenters. The maximum atomic E-state index is 14.0. The Morgan fingerprint density at radius 2 is 1.71 bits per heavy atom. The van der Waals surface area contributed by atoms with Gasteiger partial charge in [-0.25, -0.2) is 17.9 Å². The number of likely N-dealkylation sites (tertiary alicyclic amines) is 1. The molecule has 2 heterocycles. The van der Waals surface area contributed by atoms with Crippen molar-refractivity contribution >= 4 is 11.8 Å². The molecule has 0 unspecified atom stereocenters. The Morgan fingerprint density at radius 1 is 0.941 bits per heavy atom. The third kappa shape index (κ3) is 4.06. The fourth-order valence-corrected chi connectivity index (χ4v) is 4.74. The highest BCUT2D eigenvalue weighted by Crippen LogP contribution is 2.28. The number of halogens is 3. The number of aromatic nitrogens is 2. The van der Waals surface area contributed by atoms with E-state index in [1.807, 2.05) is 0 Å². The smallest absolute Gasteiger partial charge is 0.272 e. The molecule has 6 nitrogen and oxygen atoms in total. The number of amides is 2. The van der Waals surface area contributed by atoms with E-state index in [-0.39, 0.29) is 23.4 Å². The fourth-order valence-electron chi connectivity index (χ4n) is 4.74. The van der Waals surface area contributed by atoms with Crippen molar-refractivity contribution in [3.8, 4) is 5.69 Å². The van der Waals surface area contributed by atoms with Crippen molar-refractivity contribution in [3.63, 3.8) is 0 Å². The molecule has 1 aromatic heterocycles. The number of hydrogen-bond donors (Lipinski definition) is 1. The first-order valence-corrected chi connectivity index (χ1v) is 11.3. The van der Waals surface area contributed by atoms with E-state index in [0.29, 0.717) is 50.2 Å². The number of benzene rings is 2. The van der Waals surface area contributed by atoms with E-state index in [4.69, 9.17) is 0 Å². The fraction of sp³-hybridized carbons (Fsp3) is 0.320. The van der Waals surface area contributed by atoms with Crippen LogP contribution in [0.5, 0.6) is 0 Å². The topological polar surface area (TPSA) is 67.2 Å². The molecular formula is C25H23F3N4O2. The third-order valence-electron chi connectivity index (χ3n) is 6.51. The van der Waals surface area contributed by atoms with Gasteiger partial charge in [-0.2, -0.15) is 5.10 Å². The van der Waals surface area contributed by atoms with E-state index in [0.717, 1.165) is 29.8 Å². The Hall–Kier alpha value is -3.62. The van der Waals surface area contributed by atoms with Crippen molar-refractivity contribution in [2.24, 2.45) is 0 Å². The molecule has 2 amide bonds. The predicted octanol–water partition coefficient (Wildman–Crippen LogP) is 3.81. The SMILES string of the molecule is O=C(NC1CCN(C(=O)c2ccccc2F)CC1)c1nn(-c2ccc(F)c(F)c2)c2c1CCC2. The van der Waals surface area contributed by atoms with Gasteiger partial charge in [0.1, 0.15) is 5.82 Å². The lowest BCUT2D eigenvalue weighted by Crippen LogP contribution is -2.46. The van der Waals surface area contributed by atoms with E-state index in [1.54, 1.807) is 17.0 Å². The van der Waals surface area contributed by atoms with Crippen molar-refractivity contribution in [2.75, 3.05) is 13.1 Å². The first kappa shape index (κ1) is 22.2. The maximum Gasteiger partial charge on any atom is 0.272 e. The number of fused-ring (bicyclic) bond motifs is 1. The van der Waals surface area contributed by atoms with Crippen LogP contribution in [0.15, 0.2) is 42.5 Å². The van der Waals surface area contributed by atoms with Crippen molar-refractivity contribution in [2.45, 2.75) is 38.1 Å². The van der Waals surface area contributed by atoms with Gasteiger partial charge in [-0.1, -0.05) is 12.1 Å². The highest BCUT2D eigenvalue weighted by Gasteiger charge is 2.30. The Labute approximate surface area is 194 Å². The minimum absolute atomic E-state index is 0.0447. The number of carbonyl (C=O) groups is 2. The highest BCUT2D eigenvalue weighted by atomic mass is 19.2. The summed E-state index contributed by atoms with van der Waals surface area (Å²) in [6.45, 7) is 0.805. The standard InChI is InChI=1S/C25H23F3N4O2/c26-19-6-2-1-4-17(19)25(34)31-12-10-15(11-13-31)29-24(33)23-18-5-3-7-22(18)32(30-23)16-8-9-20(27)21(28)14-16/h1-2,4,6,8-9,14-15H,3,5,7,10-13H2,(H,29,33). The van der Waals surface area contributed by atoms with Gasteiger partial charge in [0.2, 0.25) is 0 Å². The largest absolute Gasteiger partial charge is 0.348 e. The molecule has 0 spiro atoms. The molecular weight excluding hydrogens is 445 g/mol. The molecule has 2 aromatic carbocycles. The summed E-state index contributed by atoms with van der Waals surface area (Å²) in [7, 11) is 0. The Balaban J connectivity index is 1.27. The van der Waals surface area contributed by atoms with Gasteiger partial charge in [0.05, 0.1) is 11.3 Å². The Bertz CT molecular complexity index is 1270. The van der Waals surface area contributed by atoms with Gasteiger partial charge in [-0.15, -0.1) is 0 Å². The molecule has 9 heteroatoms. The molecule has 34 heavy (non-hydrogen) atoms. The zero-order chi connectivity index (χ0) is 23.8. The molecule has 1 saturated heterocycles. The monoisotopic (exact) mass is 468 g/mol. The number of piperidine rings is 1. The van der Waals surface area contributed by atoms with Crippen LogP contribution in [0.2, 0.25) is 0 Å². The first-order valence-electron chi connectivity index (χ1n) is 11.3. The average Bonchev–Trinajstić information content (AvgIpc) is 3.44. The lowest BCUT2D eigenvalue weighted by molar-refractivity contribution is 0.0693. The summed E-state index contributed by atoms with van der Waals surface area (Å²) in [4.78, 5) is 27.3. The van der Waals surface area contributed by atoms with E-state index in [1.165, 1.54) is 22.9 Å². The van der Waals surface area contributed by atoms with Gasteiger partial charge in [0, 0.05) is 36.5 Å². The summed E-state index contributed by atoms with van der Waals surface area (Å²) in [6, 6.07) is 9.30. The molecule has 3 aromatic rings. The molecule has 0 bridgehead atoms. The lowest BCUT2D eigenvalue weighted by atomic mass is 10.0. The molecule has 1 N–H and O–H groups in total. The van der Waals surface area contributed by atoms with Gasteiger partial charge in [0.15, 0.2) is 17.3 Å². The summed E-state index contributed by atoms with van der Waals surface area (Å²) in [5.74, 6) is -3.13. The van der Waals surface area contributed by atoms with Crippen LogP contribution < -0.4 is 5.32 Å². The third-order valence-corrected chi connectivity index (χ3v) is 6.51. The maximum absolute atomic E-state index is 14.0. The molecule has 0 radical (unpaired) electrons. The van der Waals surface area contributed by atoms with E-state index in [2.05, 4.69) is 10.4 Å². The van der Waals surface area contributed by atoms with Crippen LogP contribution in [0.4, 0.5) is 13.2 Å². The van der Waals surface area contributed by atoms with Crippen molar-refractivity contribution in [3.05, 3.63) is 82.4 Å². The summed E-state index contributed by atoms with van der Waals surface area (Å²) in [5.41, 5.74) is 2.37. The summed E-state index contributed by atoms with van der Waals surface area (Å²) >= 11 is 0. The van der Waals surface area contributed by atoms with Gasteiger partial charge < -0.3 is 10.2 Å². The second-order valence-electron chi connectivity index (χ2n) is 8.66. The first-order chi connectivity index (χ1) is 16.4. The van der Waals surface area contributed by atoms with Crippen molar-refractivity contribution < 1.29 is 22.8 Å². The zero-order valence-electron chi connectivity index (χ0n) is 18.4. The van der Waals surface area contributed by atoms with Gasteiger partial charge >= 0.3 is 0 Å². The van der Waals surface area contributed by atoms with Crippen LogP contribution in [-0.4, -0.2) is 45.6 Å². The Kier molecular flexibility index (Phi) is 5.85. The zero-order valence-corrected chi connectivity index (χ0v) is 18.4. The molecule has 2 aliphatic rings.